The summed E-state index contributed by atoms with van der Waals surface area (Å²) in [7, 11) is 1.73. The average Bonchev–Trinajstić information content (AvgIpc) is 3.01. The fourth-order valence-electron chi connectivity index (χ4n) is 3.28. The normalized spacial score (nSPS) is 18.5. The second kappa shape index (κ2) is 7.88. The van der Waals surface area contributed by atoms with Gasteiger partial charge in [0.2, 0.25) is 0 Å². The van der Waals surface area contributed by atoms with E-state index in [0.717, 1.165) is 38.5 Å². The van der Waals surface area contributed by atoms with Gasteiger partial charge in [-0.3, -0.25) is 4.79 Å². The van der Waals surface area contributed by atoms with Crippen molar-refractivity contribution >= 4 is 10.9 Å². The number of ether oxygens (including phenoxy) is 1. The van der Waals surface area contributed by atoms with Gasteiger partial charge in [0.1, 0.15) is 5.82 Å². The highest BCUT2D eigenvalue weighted by molar-refractivity contribution is 5.78. The van der Waals surface area contributed by atoms with Gasteiger partial charge in [-0.2, -0.15) is 0 Å². The fraction of sp³-hybridized carbons (Fsp3) is 0.500. The quantitative estimate of drug-likeness (QED) is 0.810. The Labute approximate surface area is 140 Å². The van der Waals surface area contributed by atoms with E-state index >= 15 is 0 Å². The van der Waals surface area contributed by atoms with Crippen molar-refractivity contribution < 1.29 is 9.13 Å². The lowest BCUT2D eigenvalue weighted by Crippen LogP contribution is -2.28. The van der Waals surface area contributed by atoms with Crippen molar-refractivity contribution in [3.8, 4) is 0 Å². The molecule has 0 spiro atoms. The molecule has 1 atom stereocenters. The molecule has 2 N–H and O–H groups in total. The van der Waals surface area contributed by atoms with Gasteiger partial charge in [0, 0.05) is 49.4 Å². The molecule has 2 aromatic rings. The first kappa shape index (κ1) is 17.1. The average molecular weight is 333 g/mol. The number of nitrogens with one attached hydrogen (secondary N) is 2. The molecule has 0 bridgehead atoms. The fourth-order valence-corrected chi connectivity index (χ4v) is 3.28. The molecule has 130 valence electrons. The van der Waals surface area contributed by atoms with Gasteiger partial charge in [-0.25, -0.2) is 4.39 Å². The predicted octanol–water partition coefficient (Wildman–Crippen LogP) is 1.73. The minimum absolute atomic E-state index is 0.147. The van der Waals surface area contributed by atoms with Crippen molar-refractivity contribution in [3.63, 3.8) is 0 Å². The zero-order valence-electron chi connectivity index (χ0n) is 14.0. The molecule has 0 amide bonds. The number of benzene rings is 1. The third-order valence-corrected chi connectivity index (χ3v) is 4.58. The number of nitrogens with zero attached hydrogens (tertiary/aromatic N) is 1. The highest BCUT2D eigenvalue weighted by Gasteiger charge is 2.21. The van der Waals surface area contributed by atoms with Crippen LogP contribution in [0.25, 0.3) is 10.9 Å². The number of pyridine rings is 1. The van der Waals surface area contributed by atoms with Crippen molar-refractivity contribution in [1.29, 1.82) is 0 Å². The Bertz CT molecular complexity index is 747. The number of aromatic nitrogens is 1. The molecular weight excluding hydrogens is 309 g/mol. The summed E-state index contributed by atoms with van der Waals surface area (Å²) >= 11 is 0. The minimum Gasteiger partial charge on any atom is -0.383 e. The van der Waals surface area contributed by atoms with Crippen LogP contribution in [0.3, 0.4) is 0 Å². The second-order valence-corrected chi connectivity index (χ2v) is 6.43. The van der Waals surface area contributed by atoms with Gasteiger partial charge in [0.25, 0.3) is 0 Å². The van der Waals surface area contributed by atoms with Crippen molar-refractivity contribution in [3.05, 3.63) is 46.0 Å². The van der Waals surface area contributed by atoms with E-state index in [-0.39, 0.29) is 5.43 Å². The molecule has 0 radical (unpaired) electrons. The van der Waals surface area contributed by atoms with Crippen LogP contribution in [0, 0.1) is 11.7 Å². The first-order valence-corrected chi connectivity index (χ1v) is 8.39. The van der Waals surface area contributed by atoms with Crippen LogP contribution in [-0.2, 0) is 11.3 Å². The lowest BCUT2D eigenvalue weighted by Gasteiger charge is -2.15. The molecule has 1 fully saturated rings. The first-order chi connectivity index (χ1) is 11.7. The van der Waals surface area contributed by atoms with Gasteiger partial charge < -0.3 is 19.9 Å². The molecule has 24 heavy (non-hydrogen) atoms. The van der Waals surface area contributed by atoms with Gasteiger partial charge in [-0.05, 0) is 43.6 Å². The van der Waals surface area contributed by atoms with Crippen LogP contribution < -0.4 is 10.7 Å². The van der Waals surface area contributed by atoms with E-state index in [1.807, 2.05) is 0 Å². The maximum Gasteiger partial charge on any atom is 0.189 e. The van der Waals surface area contributed by atoms with E-state index in [2.05, 4.69) is 15.2 Å². The Kier molecular flexibility index (Phi) is 5.60. The number of halogens is 1. The number of fused-ring (bicyclic) bond motifs is 1. The minimum atomic E-state index is -0.391. The van der Waals surface area contributed by atoms with E-state index in [1.165, 1.54) is 18.6 Å². The summed E-state index contributed by atoms with van der Waals surface area (Å²) in [6.07, 6.45) is 1.18. The maximum atomic E-state index is 13.2. The molecule has 6 heteroatoms. The number of likely N-dealkylation sites (tertiary alicyclic amines) is 1. The Hall–Kier alpha value is -1.76. The van der Waals surface area contributed by atoms with Crippen LogP contribution in [0.1, 0.15) is 12.1 Å². The largest absolute Gasteiger partial charge is 0.383 e. The Morgan fingerprint density at radius 3 is 3.12 bits per heavy atom. The second-order valence-electron chi connectivity index (χ2n) is 6.43. The van der Waals surface area contributed by atoms with Gasteiger partial charge in [-0.15, -0.1) is 0 Å². The summed E-state index contributed by atoms with van der Waals surface area (Å²) < 4.78 is 18.3. The lowest BCUT2D eigenvalue weighted by atomic mass is 10.1. The number of H-pyrrole nitrogens is 1. The van der Waals surface area contributed by atoms with Gasteiger partial charge in [-0.1, -0.05) is 0 Å². The first-order valence-electron chi connectivity index (χ1n) is 8.39. The maximum absolute atomic E-state index is 13.2. The van der Waals surface area contributed by atoms with E-state index in [4.69, 9.17) is 4.74 Å². The Morgan fingerprint density at radius 1 is 1.42 bits per heavy atom. The lowest BCUT2D eigenvalue weighted by molar-refractivity contribution is 0.159. The highest BCUT2D eigenvalue weighted by atomic mass is 19.1. The number of methoxy groups -OCH3 is 1. The molecular formula is C18H24FN3O2. The van der Waals surface area contributed by atoms with Crippen molar-refractivity contribution in [2.75, 3.05) is 39.9 Å². The number of hydrogen-bond donors (Lipinski definition) is 2. The topological polar surface area (TPSA) is 57.4 Å². The van der Waals surface area contributed by atoms with Crippen LogP contribution in [0.4, 0.5) is 4.39 Å². The molecule has 1 aliphatic rings. The van der Waals surface area contributed by atoms with E-state index < -0.39 is 5.82 Å². The SMILES string of the molecule is COCCN1CC[C@@H](CNCc2cc(=O)c3cc(F)ccc3[nH]2)C1. The van der Waals surface area contributed by atoms with Crippen molar-refractivity contribution in [2.24, 2.45) is 5.92 Å². The van der Waals surface area contributed by atoms with E-state index in [1.54, 1.807) is 19.2 Å². The number of hydrogen-bond acceptors (Lipinski definition) is 4. The Morgan fingerprint density at radius 2 is 2.29 bits per heavy atom. The molecule has 1 saturated heterocycles. The van der Waals surface area contributed by atoms with Gasteiger partial charge in [0.05, 0.1) is 6.61 Å². The summed E-state index contributed by atoms with van der Waals surface area (Å²) in [5.41, 5.74) is 1.35. The monoisotopic (exact) mass is 333 g/mol. The molecule has 0 saturated carbocycles. The number of rotatable bonds is 7. The van der Waals surface area contributed by atoms with E-state index in [0.29, 0.717) is 23.4 Å². The standard InChI is InChI=1S/C18H24FN3O2/c1-24-7-6-22-5-4-13(12-22)10-20-11-15-9-18(23)16-8-14(19)2-3-17(16)21-15/h2-3,8-9,13,20H,4-7,10-12H2,1H3,(H,21,23)/t13-/m0/s1. The van der Waals surface area contributed by atoms with Crippen LogP contribution in [-0.4, -0.2) is 49.8 Å². The van der Waals surface area contributed by atoms with Crippen molar-refractivity contribution in [2.45, 2.75) is 13.0 Å². The summed E-state index contributed by atoms with van der Waals surface area (Å²) in [5, 5.41) is 3.81. The van der Waals surface area contributed by atoms with Crippen molar-refractivity contribution in [1.82, 2.24) is 15.2 Å². The smallest absolute Gasteiger partial charge is 0.189 e. The molecule has 0 aliphatic carbocycles. The third kappa shape index (κ3) is 4.20. The molecule has 0 unspecified atom stereocenters. The zero-order valence-corrected chi connectivity index (χ0v) is 14.0. The number of aromatic amines is 1. The molecule has 1 aliphatic heterocycles. The molecule has 2 heterocycles. The van der Waals surface area contributed by atoms with Crippen LogP contribution in [0.5, 0.6) is 0 Å². The summed E-state index contributed by atoms with van der Waals surface area (Å²) in [6, 6.07) is 5.80. The van der Waals surface area contributed by atoms with Gasteiger partial charge >= 0.3 is 0 Å². The predicted molar refractivity (Wildman–Crippen MR) is 92.7 cm³/mol. The zero-order chi connectivity index (χ0) is 16.9. The van der Waals surface area contributed by atoms with E-state index in [9.17, 15) is 9.18 Å². The summed E-state index contributed by atoms with van der Waals surface area (Å²) in [4.78, 5) is 17.7. The molecule has 1 aromatic carbocycles. The summed E-state index contributed by atoms with van der Waals surface area (Å²) in [6.45, 7) is 5.50. The van der Waals surface area contributed by atoms with Gasteiger partial charge in [0.15, 0.2) is 5.43 Å². The van der Waals surface area contributed by atoms with Crippen LogP contribution in [0.2, 0.25) is 0 Å². The molecule has 1 aromatic heterocycles. The molecule has 3 rings (SSSR count). The van der Waals surface area contributed by atoms with Crippen LogP contribution in [0.15, 0.2) is 29.1 Å². The highest BCUT2D eigenvalue weighted by Crippen LogP contribution is 2.15. The molecule has 5 nitrogen and oxygen atoms in total. The third-order valence-electron chi connectivity index (χ3n) is 4.58. The van der Waals surface area contributed by atoms with Crippen LogP contribution >= 0.6 is 0 Å². The Balaban J connectivity index is 1.53. The summed E-state index contributed by atoms with van der Waals surface area (Å²) in [5.74, 6) is 0.237.